The van der Waals surface area contributed by atoms with Gasteiger partial charge in [-0.2, -0.15) is 0 Å². The molecule has 1 saturated carbocycles. The molecule has 0 amide bonds. The van der Waals surface area contributed by atoms with Crippen LogP contribution < -0.4 is 15.2 Å². The summed E-state index contributed by atoms with van der Waals surface area (Å²) in [5, 5.41) is 0. The summed E-state index contributed by atoms with van der Waals surface area (Å²) in [5.41, 5.74) is 5.88. The number of hydrogen-bond donors (Lipinski definition) is 1. The van der Waals surface area contributed by atoms with Gasteiger partial charge >= 0.3 is 0 Å². The van der Waals surface area contributed by atoms with Crippen LogP contribution in [0.1, 0.15) is 19.3 Å². The SMILES string of the molecule is COc1ccc(SC2(CN)CCC2)c(OC)c1. The van der Waals surface area contributed by atoms with Gasteiger partial charge in [0.25, 0.3) is 0 Å². The summed E-state index contributed by atoms with van der Waals surface area (Å²) in [6.45, 7) is 0.729. The van der Waals surface area contributed by atoms with Crippen molar-refractivity contribution in [2.75, 3.05) is 20.8 Å². The molecule has 0 saturated heterocycles. The fourth-order valence-corrected chi connectivity index (χ4v) is 3.43. The second kappa shape index (κ2) is 5.19. The highest BCUT2D eigenvalue weighted by Gasteiger charge is 2.37. The molecule has 0 aromatic heterocycles. The first-order valence-corrected chi connectivity index (χ1v) is 6.66. The zero-order chi connectivity index (χ0) is 12.3. The number of hydrogen-bond acceptors (Lipinski definition) is 4. The highest BCUT2D eigenvalue weighted by Crippen LogP contribution is 2.49. The molecule has 1 aromatic rings. The lowest BCUT2D eigenvalue weighted by Gasteiger charge is -2.40. The lowest BCUT2D eigenvalue weighted by atomic mass is 9.84. The van der Waals surface area contributed by atoms with Gasteiger partial charge in [-0.1, -0.05) is 6.42 Å². The van der Waals surface area contributed by atoms with Crippen molar-refractivity contribution in [1.29, 1.82) is 0 Å². The van der Waals surface area contributed by atoms with Crippen LogP contribution in [0.4, 0.5) is 0 Å². The van der Waals surface area contributed by atoms with Crippen molar-refractivity contribution in [2.45, 2.75) is 28.9 Å². The van der Waals surface area contributed by atoms with E-state index in [1.165, 1.54) is 19.3 Å². The number of rotatable bonds is 5. The molecule has 0 aliphatic heterocycles. The number of thioether (sulfide) groups is 1. The van der Waals surface area contributed by atoms with E-state index in [1.54, 1.807) is 14.2 Å². The fraction of sp³-hybridized carbons (Fsp3) is 0.538. The maximum atomic E-state index is 5.88. The molecule has 1 aliphatic rings. The Bertz CT molecular complexity index is 385. The molecular weight excluding hydrogens is 234 g/mol. The van der Waals surface area contributed by atoms with Crippen LogP contribution in [0.25, 0.3) is 0 Å². The van der Waals surface area contributed by atoms with Crippen LogP contribution in [0.2, 0.25) is 0 Å². The largest absolute Gasteiger partial charge is 0.497 e. The number of nitrogens with two attached hydrogens (primary N) is 1. The highest BCUT2D eigenvalue weighted by atomic mass is 32.2. The van der Waals surface area contributed by atoms with E-state index in [0.29, 0.717) is 0 Å². The Labute approximate surface area is 107 Å². The van der Waals surface area contributed by atoms with Gasteiger partial charge in [0, 0.05) is 17.4 Å². The third-order valence-corrected chi connectivity index (χ3v) is 4.90. The molecule has 2 N–H and O–H groups in total. The first-order chi connectivity index (χ1) is 8.23. The van der Waals surface area contributed by atoms with Crippen LogP contribution in [-0.4, -0.2) is 25.5 Å². The van der Waals surface area contributed by atoms with Crippen LogP contribution in [0, 0.1) is 0 Å². The third-order valence-electron chi connectivity index (χ3n) is 3.33. The maximum absolute atomic E-state index is 5.88. The molecule has 0 spiro atoms. The summed E-state index contributed by atoms with van der Waals surface area (Å²) in [4.78, 5) is 1.15. The van der Waals surface area contributed by atoms with E-state index in [-0.39, 0.29) is 4.75 Å². The molecule has 1 aliphatic carbocycles. The predicted molar refractivity (Wildman–Crippen MR) is 71.0 cm³/mol. The van der Waals surface area contributed by atoms with Crippen LogP contribution in [0.5, 0.6) is 11.5 Å². The third kappa shape index (κ3) is 2.53. The molecule has 0 atom stereocenters. The lowest BCUT2D eigenvalue weighted by molar-refractivity contribution is 0.367. The van der Waals surface area contributed by atoms with E-state index in [4.69, 9.17) is 15.2 Å². The molecule has 1 aromatic carbocycles. The summed E-state index contributed by atoms with van der Waals surface area (Å²) in [6.07, 6.45) is 3.68. The number of ether oxygens (including phenoxy) is 2. The Balaban J connectivity index is 2.20. The number of benzene rings is 1. The topological polar surface area (TPSA) is 44.5 Å². The van der Waals surface area contributed by atoms with Crippen molar-refractivity contribution < 1.29 is 9.47 Å². The smallest absolute Gasteiger partial charge is 0.136 e. The minimum Gasteiger partial charge on any atom is -0.497 e. The van der Waals surface area contributed by atoms with Gasteiger partial charge in [0.1, 0.15) is 11.5 Å². The van der Waals surface area contributed by atoms with Gasteiger partial charge in [-0.3, -0.25) is 0 Å². The van der Waals surface area contributed by atoms with Gasteiger partial charge in [-0.15, -0.1) is 11.8 Å². The minimum absolute atomic E-state index is 0.224. The second-order valence-electron chi connectivity index (χ2n) is 4.36. The molecule has 1 fully saturated rings. The summed E-state index contributed by atoms with van der Waals surface area (Å²) in [6, 6.07) is 5.94. The zero-order valence-electron chi connectivity index (χ0n) is 10.4. The molecule has 3 nitrogen and oxygen atoms in total. The number of methoxy groups -OCH3 is 2. The second-order valence-corrected chi connectivity index (χ2v) is 5.87. The van der Waals surface area contributed by atoms with E-state index in [2.05, 4.69) is 6.07 Å². The average Bonchev–Trinajstić information content (AvgIpc) is 2.34. The normalized spacial score (nSPS) is 17.4. The van der Waals surface area contributed by atoms with E-state index < -0.39 is 0 Å². The van der Waals surface area contributed by atoms with E-state index in [9.17, 15) is 0 Å². The van der Waals surface area contributed by atoms with Gasteiger partial charge in [0.05, 0.1) is 19.1 Å². The molecule has 0 heterocycles. The van der Waals surface area contributed by atoms with Crippen molar-refractivity contribution >= 4 is 11.8 Å². The molecule has 17 heavy (non-hydrogen) atoms. The Morgan fingerprint density at radius 1 is 1.29 bits per heavy atom. The first kappa shape index (κ1) is 12.6. The molecule has 4 heteroatoms. The van der Waals surface area contributed by atoms with Gasteiger partial charge in [0.2, 0.25) is 0 Å². The fourth-order valence-electron chi connectivity index (χ4n) is 2.01. The van der Waals surface area contributed by atoms with Gasteiger partial charge in [-0.05, 0) is 25.0 Å². The van der Waals surface area contributed by atoms with E-state index >= 15 is 0 Å². The molecule has 2 rings (SSSR count). The zero-order valence-corrected chi connectivity index (χ0v) is 11.2. The standard InChI is InChI=1S/C13H19NO2S/c1-15-10-4-5-12(11(8-10)16-2)17-13(9-14)6-3-7-13/h4-5,8H,3,6-7,9,14H2,1-2H3. The Kier molecular flexibility index (Phi) is 3.84. The van der Waals surface area contributed by atoms with Crippen molar-refractivity contribution in [3.05, 3.63) is 18.2 Å². The van der Waals surface area contributed by atoms with E-state index in [1.807, 2.05) is 23.9 Å². The van der Waals surface area contributed by atoms with Crippen LogP contribution in [0.15, 0.2) is 23.1 Å². The highest BCUT2D eigenvalue weighted by molar-refractivity contribution is 8.00. The minimum atomic E-state index is 0.224. The Hall–Kier alpha value is -0.870. The van der Waals surface area contributed by atoms with E-state index in [0.717, 1.165) is 22.9 Å². The van der Waals surface area contributed by atoms with Crippen LogP contribution in [0.3, 0.4) is 0 Å². The van der Waals surface area contributed by atoms with Gasteiger partial charge in [0.15, 0.2) is 0 Å². The average molecular weight is 253 g/mol. The Morgan fingerprint density at radius 3 is 2.53 bits per heavy atom. The molecule has 0 radical (unpaired) electrons. The molecule has 94 valence electrons. The molecular formula is C13H19NO2S. The molecule has 0 bridgehead atoms. The van der Waals surface area contributed by atoms with Crippen LogP contribution in [-0.2, 0) is 0 Å². The van der Waals surface area contributed by atoms with Crippen molar-refractivity contribution in [3.63, 3.8) is 0 Å². The van der Waals surface area contributed by atoms with Gasteiger partial charge < -0.3 is 15.2 Å². The molecule has 0 unspecified atom stereocenters. The lowest BCUT2D eigenvalue weighted by Crippen LogP contribution is -2.40. The quantitative estimate of drug-likeness (QED) is 0.876. The van der Waals surface area contributed by atoms with Crippen molar-refractivity contribution in [2.24, 2.45) is 5.73 Å². The maximum Gasteiger partial charge on any atom is 0.136 e. The predicted octanol–water partition coefficient (Wildman–Crippen LogP) is 2.68. The Morgan fingerprint density at radius 2 is 2.06 bits per heavy atom. The summed E-state index contributed by atoms with van der Waals surface area (Å²) < 4.78 is 10.8. The summed E-state index contributed by atoms with van der Waals surface area (Å²) >= 11 is 1.84. The summed E-state index contributed by atoms with van der Waals surface area (Å²) in [5.74, 6) is 1.69. The summed E-state index contributed by atoms with van der Waals surface area (Å²) in [7, 11) is 3.35. The van der Waals surface area contributed by atoms with Gasteiger partial charge in [-0.25, -0.2) is 0 Å². The van der Waals surface area contributed by atoms with Crippen molar-refractivity contribution in [1.82, 2.24) is 0 Å². The first-order valence-electron chi connectivity index (χ1n) is 5.84. The van der Waals surface area contributed by atoms with Crippen molar-refractivity contribution in [3.8, 4) is 11.5 Å². The van der Waals surface area contributed by atoms with Crippen LogP contribution >= 0.6 is 11.8 Å². The monoisotopic (exact) mass is 253 g/mol.